The maximum Gasteiger partial charge on any atom is 0.341 e. The fraction of sp³-hybridized carbons (Fsp3) is 0.423. The lowest BCUT2D eigenvalue weighted by molar-refractivity contribution is -0.139. The number of ether oxygens (including phenoxy) is 1. The molecular weight excluding hydrogens is 388 g/mol. The summed E-state index contributed by atoms with van der Waals surface area (Å²) >= 11 is 0. The number of carboxylic acids is 1. The summed E-state index contributed by atoms with van der Waals surface area (Å²) in [5, 5.41) is 12.1. The molecule has 2 unspecified atom stereocenters. The summed E-state index contributed by atoms with van der Waals surface area (Å²) in [7, 11) is 0. The van der Waals surface area contributed by atoms with E-state index < -0.39 is 5.97 Å². The summed E-state index contributed by atoms with van der Waals surface area (Å²) in [4.78, 5) is 10.6. The van der Waals surface area contributed by atoms with Crippen LogP contribution >= 0.6 is 0 Å². The Morgan fingerprint density at radius 1 is 1.19 bits per heavy atom. The number of carbonyl (C=O) groups is 1. The number of anilines is 1. The Morgan fingerprint density at radius 3 is 2.58 bits per heavy atom. The number of hydrogen-bond donors (Lipinski definition) is 3. The van der Waals surface area contributed by atoms with Gasteiger partial charge in [0.15, 0.2) is 6.61 Å². The molecule has 2 atom stereocenters. The summed E-state index contributed by atoms with van der Waals surface area (Å²) in [6.45, 7) is 7.16. The molecule has 2 aromatic rings. The van der Waals surface area contributed by atoms with Crippen LogP contribution in [0.2, 0.25) is 0 Å². The number of nitrogens with one attached hydrogen (secondary N) is 1. The van der Waals surface area contributed by atoms with Crippen molar-refractivity contribution in [2.45, 2.75) is 53.0 Å². The molecule has 0 saturated heterocycles. The fourth-order valence-corrected chi connectivity index (χ4v) is 3.75. The minimum Gasteiger partial charge on any atom is -0.482 e. The molecule has 2 aromatic carbocycles. The van der Waals surface area contributed by atoms with Gasteiger partial charge in [0, 0.05) is 17.9 Å². The maximum absolute atomic E-state index is 10.6. The zero-order chi connectivity index (χ0) is 22.6. The number of carboxylic acid groups (broad SMARTS) is 1. The first-order valence-electron chi connectivity index (χ1n) is 11.2. The molecule has 0 aliphatic heterocycles. The maximum atomic E-state index is 10.6. The largest absolute Gasteiger partial charge is 0.482 e. The molecule has 0 aliphatic rings. The van der Waals surface area contributed by atoms with Crippen LogP contribution in [-0.2, 0) is 11.3 Å². The van der Waals surface area contributed by atoms with Gasteiger partial charge in [-0.2, -0.15) is 0 Å². The summed E-state index contributed by atoms with van der Waals surface area (Å²) in [5.41, 5.74) is 10.3. The molecule has 0 aliphatic carbocycles. The van der Waals surface area contributed by atoms with Gasteiger partial charge in [-0.15, -0.1) is 0 Å². The van der Waals surface area contributed by atoms with Gasteiger partial charge in [-0.3, -0.25) is 0 Å². The molecule has 31 heavy (non-hydrogen) atoms. The monoisotopic (exact) mass is 424 g/mol. The van der Waals surface area contributed by atoms with Gasteiger partial charge in [0.05, 0.1) is 0 Å². The van der Waals surface area contributed by atoms with Crippen LogP contribution in [0.25, 0.3) is 5.70 Å². The standard InChI is InChI=1S/C26H36N2O3/c1-4-7-21(5-2)19(3)10-15-25(27)22-8-6-9-23(16-22)28-17-20-11-13-24(14-12-20)31-18-26(29)30/h6,8-9,11-16,19,21,28H,4-5,7,10,17-18,27H2,1-3H3,(H,29,30)/b25-15+. The highest BCUT2D eigenvalue weighted by Crippen LogP contribution is 2.25. The second-order valence-corrected chi connectivity index (χ2v) is 8.09. The van der Waals surface area contributed by atoms with E-state index in [9.17, 15) is 4.79 Å². The third kappa shape index (κ3) is 8.36. The van der Waals surface area contributed by atoms with E-state index in [1.807, 2.05) is 30.3 Å². The minimum absolute atomic E-state index is 0.337. The van der Waals surface area contributed by atoms with E-state index in [1.54, 1.807) is 12.1 Å². The lowest BCUT2D eigenvalue weighted by Crippen LogP contribution is -2.10. The zero-order valence-corrected chi connectivity index (χ0v) is 18.9. The second kappa shape index (κ2) is 12.7. The predicted molar refractivity (Wildman–Crippen MR) is 128 cm³/mol. The average Bonchev–Trinajstić information content (AvgIpc) is 2.78. The average molecular weight is 425 g/mol. The smallest absolute Gasteiger partial charge is 0.341 e. The number of rotatable bonds is 13. The first kappa shape index (κ1) is 24.3. The van der Waals surface area contributed by atoms with Gasteiger partial charge in [-0.05, 0) is 53.6 Å². The van der Waals surface area contributed by atoms with Crippen molar-refractivity contribution in [2.75, 3.05) is 11.9 Å². The van der Waals surface area contributed by atoms with E-state index in [4.69, 9.17) is 15.6 Å². The lowest BCUT2D eigenvalue weighted by atomic mass is 9.85. The molecule has 0 bridgehead atoms. The van der Waals surface area contributed by atoms with Crippen LogP contribution in [0.5, 0.6) is 5.75 Å². The molecule has 0 spiro atoms. The van der Waals surface area contributed by atoms with Crippen LogP contribution in [0.4, 0.5) is 5.69 Å². The molecule has 0 aromatic heterocycles. The molecule has 0 amide bonds. The van der Waals surface area contributed by atoms with Crippen LogP contribution in [0.3, 0.4) is 0 Å². The number of benzene rings is 2. The Balaban J connectivity index is 1.93. The highest BCUT2D eigenvalue weighted by Gasteiger charge is 2.13. The zero-order valence-electron chi connectivity index (χ0n) is 18.9. The van der Waals surface area contributed by atoms with Crippen molar-refractivity contribution in [3.63, 3.8) is 0 Å². The first-order valence-corrected chi connectivity index (χ1v) is 11.2. The van der Waals surface area contributed by atoms with E-state index in [0.29, 0.717) is 18.2 Å². The fourth-order valence-electron chi connectivity index (χ4n) is 3.75. The minimum atomic E-state index is -0.987. The van der Waals surface area contributed by atoms with Gasteiger partial charge in [0.1, 0.15) is 5.75 Å². The summed E-state index contributed by atoms with van der Waals surface area (Å²) in [6, 6.07) is 15.5. The highest BCUT2D eigenvalue weighted by molar-refractivity contribution is 5.68. The molecule has 5 heteroatoms. The van der Waals surface area contributed by atoms with Gasteiger partial charge in [-0.25, -0.2) is 4.79 Å². The SMILES string of the molecule is CCCC(CC)C(C)C/C=C(/N)c1cccc(NCc2ccc(OCC(=O)O)cc2)c1. The van der Waals surface area contributed by atoms with E-state index in [0.717, 1.165) is 34.9 Å². The van der Waals surface area contributed by atoms with E-state index in [-0.39, 0.29) is 6.61 Å². The van der Waals surface area contributed by atoms with Crippen molar-refractivity contribution in [1.82, 2.24) is 0 Å². The Morgan fingerprint density at radius 2 is 1.94 bits per heavy atom. The molecule has 0 heterocycles. The van der Waals surface area contributed by atoms with Gasteiger partial charge < -0.3 is 20.9 Å². The van der Waals surface area contributed by atoms with E-state index in [1.165, 1.54) is 19.3 Å². The van der Waals surface area contributed by atoms with Crippen LogP contribution in [-0.4, -0.2) is 17.7 Å². The molecule has 0 saturated carbocycles. The van der Waals surface area contributed by atoms with Crippen molar-refractivity contribution in [1.29, 1.82) is 0 Å². The summed E-state index contributed by atoms with van der Waals surface area (Å²) < 4.78 is 5.16. The summed E-state index contributed by atoms with van der Waals surface area (Å²) in [5.74, 6) is 0.944. The van der Waals surface area contributed by atoms with Gasteiger partial charge in [-0.1, -0.05) is 70.4 Å². The number of aliphatic carboxylic acids is 1. The van der Waals surface area contributed by atoms with Crippen LogP contribution in [0, 0.1) is 11.8 Å². The number of allylic oxidation sites excluding steroid dienone is 1. The second-order valence-electron chi connectivity index (χ2n) is 8.09. The van der Waals surface area contributed by atoms with Crippen molar-refractivity contribution >= 4 is 17.4 Å². The number of nitrogens with two attached hydrogens (primary N) is 1. The Kier molecular flexibility index (Phi) is 9.95. The van der Waals surface area contributed by atoms with Crippen LogP contribution in [0.15, 0.2) is 54.6 Å². The van der Waals surface area contributed by atoms with E-state index in [2.05, 4.69) is 38.2 Å². The number of hydrogen-bond acceptors (Lipinski definition) is 4. The van der Waals surface area contributed by atoms with Crippen LogP contribution in [0.1, 0.15) is 57.6 Å². The first-order chi connectivity index (χ1) is 14.9. The third-order valence-electron chi connectivity index (χ3n) is 5.68. The van der Waals surface area contributed by atoms with Crippen molar-refractivity contribution in [2.24, 2.45) is 17.6 Å². The third-order valence-corrected chi connectivity index (χ3v) is 5.68. The molecule has 4 N–H and O–H groups in total. The highest BCUT2D eigenvalue weighted by atomic mass is 16.5. The molecule has 5 nitrogen and oxygen atoms in total. The molecule has 2 rings (SSSR count). The van der Waals surface area contributed by atoms with Crippen molar-refractivity contribution in [3.05, 3.63) is 65.7 Å². The molecule has 0 radical (unpaired) electrons. The normalized spacial score (nSPS) is 13.5. The predicted octanol–water partition coefficient (Wildman–Crippen LogP) is 5.91. The van der Waals surface area contributed by atoms with Gasteiger partial charge >= 0.3 is 5.97 Å². The quantitative estimate of drug-likeness (QED) is 0.372. The summed E-state index contributed by atoms with van der Waals surface area (Å²) in [6.07, 6.45) is 6.89. The van der Waals surface area contributed by atoms with Gasteiger partial charge in [0.25, 0.3) is 0 Å². The van der Waals surface area contributed by atoms with E-state index >= 15 is 0 Å². The Hall–Kier alpha value is -2.95. The molecular formula is C26H36N2O3. The van der Waals surface area contributed by atoms with Crippen LogP contribution < -0.4 is 15.8 Å². The van der Waals surface area contributed by atoms with Gasteiger partial charge in [0.2, 0.25) is 0 Å². The van der Waals surface area contributed by atoms with Crippen molar-refractivity contribution < 1.29 is 14.6 Å². The Bertz CT molecular complexity index is 846. The lowest BCUT2D eigenvalue weighted by Gasteiger charge is -2.21. The Labute approximate surface area is 186 Å². The van der Waals surface area contributed by atoms with Crippen molar-refractivity contribution in [3.8, 4) is 5.75 Å². The molecule has 168 valence electrons. The topological polar surface area (TPSA) is 84.6 Å². The molecule has 0 fully saturated rings.